The van der Waals surface area contributed by atoms with Gasteiger partial charge < -0.3 is 0 Å². The molecule has 0 aliphatic heterocycles. The smallest absolute Gasteiger partial charge is 0.160 e. The van der Waals surface area contributed by atoms with E-state index in [9.17, 15) is 0 Å². The number of nitrogens with zero attached hydrogens (tertiary/aromatic N) is 3. The molecule has 0 radical (unpaired) electrons. The van der Waals surface area contributed by atoms with Crippen LogP contribution in [0.5, 0.6) is 0 Å². The summed E-state index contributed by atoms with van der Waals surface area (Å²) in [6.07, 6.45) is 1.83. The van der Waals surface area contributed by atoms with E-state index in [-0.39, 0.29) is 10.8 Å². The van der Waals surface area contributed by atoms with Crippen molar-refractivity contribution >= 4 is 0 Å². The highest BCUT2D eigenvalue weighted by Crippen LogP contribution is 2.51. The van der Waals surface area contributed by atoms with Crippen molar-refractivity contribution < 1.29 is 0 Å². The molecular formula is C45H35N3. The van der Waals surface area contributed by atoms with Crippen LogP contribution in [-0.4, -0.2) is 15.0 Å². The van der Waals surface area contributed by atoms with E-state index in [0.29, 0.717) is 0 Å². The van der Waals surface area contributed by atoms with E-state index in [4.69, 9.17) is 9.97 Å². The average molecular weight is 618 g/mol. The van der Waals surface area contributed by atoms with Crippen LogP contribution in [-0.2, 0) is 10.8 Å². The number of rotatable bonds is 4. The maximum atomic E-state index is 5.28. The molecule has 0 unspecified atom stereocenters. The van der Waals surface area contributed by atoms with Crippen LogP contribution in [0.2, 0.25) is 0 Å². The molecule has 2 heterocycles. The Kier molecular flexibility index (Phi) is 6.20. The molecule has 9 rings (SSSR count). The number of hydrogen-bond donors (Lipinski definition) is 0. The molecule has 0 bridgehead atoms. The van der Waals surface area contributed by atoms with E-state index >= 15 is 0 Å². The fourth-order valence-corrected chi connectivity index (χ4v) is 7.96. The summed E-state index contributed by atoms with van der Waals surface area (Å²) in [6, 6.07) is 47.8. The Morgan fingerprint density at radius 1 is 0.375 bits per heavy atom. The summed E-state index contributed by atoms with van der Waals surface area (Å²) in [6.45, 7) is 9.27. The van der Waals surface area contributed by atoms with Crippen molar-refractivity contribution in [3.8, 4) is 67.4 Å². The van der Waals surface area contributed by atoms with Crippen molar-refractivity contribution in [2.24, 2.45) is 0 Å². The van der Waals surface area contributed by atoms with E-state index < -0.39 is 0 Å². The van der Waals surface area contributed by atoms with Gasteiger partial charge in [-0.1, -0.05) is 131 Å². The van der Waals surface area contributed by atoms with Gasteiger partial charge in [0.15, 0.2) is 5.82 Å². The molecule has 2 aliphatic carbocycles. The van der Waals surface area contributed by atoms with Crippen LogP contribution < -0.4 is 0 Å². The van der Waals surface area contributed by atoms with Crippen LogP contribution >= 0.6 is 0 Å². The first-order chi connectivity index (χ1) is 23.3. The summed E-state index contributed by atoms with van der Waals surface area (Å²) >= 11 is 0. The van der Waals surface area contributed by atoms with Gasteiger partial charge in [-0.15, -0.1) is 0 Å². The van der Waals surface area contributed by atoms with Crippen LogP contribution in [0.1, 0.15) is 49.9 Å². The number of pyridine rings is 1. The minimum Gasteiger partial charge on any atom is -0.256 e. The van der Waals surface area contributed by atoms with Gasteiger partial charge in [-0.25, -0.2) is 9.97 Å². The molecule has 3 nitrogen and oxygen atoms in total. The Morgan fingerprint density at radius 2 is 0.833 bits per heavy atom. The lowest BCUT2D eigenvalue weighted by Crippen LogP contribution is -2.14. The maximum absolute atomic E-state index is 5.28. The van der Waals surface area contributed by atoms with Crippen molar-refractivity contribution in [1.82, 2.24) is 15.0 Å². The van der Waals surface area contributed by atoms with E-state index in [1.54, 1.807) is 0 Å². The molecule has 2 aliphatic rings. The minimum atomic E-state index is -0.0534. The van der Waals surface area contributed by atoms with Crippen LogP contribution in [0.4, 0.5) is 0 Å². The topological polar surface area (TPSA) is 38.7 Å². The zero-order valence-corrected chi connectivity index (χ0v) is 27.6. The van der Waals surface area contributed by atoms with Crippen molar-refractivity contribution in [2.45, 2.75) is 38.5 Å². The first-order valence-corrected chi connectivity index (χ1v) is 16.7. The standard InChI is InChI=1S/C45H35N3/c1-44(2)36-13-7-5-11-32(36)34-25-30(20-22-38(34)44)42-27-41(29-18-16-28(17-19-29)40-15-9-10-24-46-40)47-43(48-42)31-21-23-39-35(26-31)33-12-6-8-14-37(33)45(39,3)4/h5-27H,1-4H3. The maximum Gasteiger partial charge on any atom is 0.160 e. The number of hydrogen-bond acceptors (Lipinski definition) is 3. The molecule has 0 spiro atoms. The van der Waals surface area contributed by atoms with Gasteiger partial charge in [-0.05, 0) is 74.8 Å². The second-order valence-electron chi connectivity index (χ2n) is 14.1. The predicted octanol–water partition coefficient (Wildman–Crippen LogP) is 11.2. The molecule has 48 heavy (non-hydrogen) atoms. The van der Waals surface area contributed by atoms with Gasteiger partial charge in [0.05, 0.1) is 17.1 Å². The monoisotopic (exact) mass is 617 g/mol. The number of aromatic nitrogens is 3. The molecule has 0 amide bonds. The van der Waals surface area contributed by atoms with E-state index in [2.05, 4.69) is 148 Å². The number of benzene rings is 5. The molecule has 0 fully saturated rings. The number of fused-ring (bicyclic) bond motifs is 6. The van der Waals surface area contributed by atoms with Crippen LogP contribution in [0, 0.1) is 0 Å². The molecule has 0 atom stereocenters. The van der Waals surface area contributed by atoms with E-state index in [1.165, 1.54) is 44.5 Å². The molecule has 3 heteroatoms. The summed E-state index contributed by atoms with van der Waals surface area (Å²) in [4.78, 5) is 15.0. The summed E-state index contributed by atoms with van der Waals surface area (Å²) in [5.74, 6) is 0.725. The molecule has 0 N–H and O–H groups in total. The lowest BCUT2D eigenvalue weighted by molar-refractivity contribution is 0.660. The van der Waals surface area contributed by atoms with Gasteiger partial charge >= 0.3 is 0 Å². The Labute approximate surface area is 282 Å². The second kappa shape index (κ2) is 10.4. The van der Waals surface area contributed by atoms with Gasteiger partial charge in [0.25, 0.3) is 0 Å². The third kappa shape index (κ3) is 4.31. The molecular weight excluding hydrogens is 583 g/mol. The Hall–Kier alpha value is -5.67. The fraction of sp³-hybridized carbons (Fsp3) is 0.133. The van der Waals surface area contributed by atoms with Gasteiger partial charge in [-0.2, -0.15) is 0 Å². The Balaban J connectivity index is 1.21. The lowest BCUT2D eigenvalue weighted by atomic mass is 9.82. The fourth-order valence-electron chi connectivity index (χ4n) is 7.96. The first kappa shape index (κ1) is 28.5. The lowest BCUT2D eigenvalue weighted by Gasteiger charge is -2.21. The van der Waals surface area contributed by atoms with Crippen LogP contribution in [0.25, 0.3) is 67.4 Å². The normalized spacial score (nSPS) is 14.6. The largest absolute Gasteiger partial charge is 0.256 e. The second-order valence-corrected chi connectivity index (χ2v) is 14.1. The summed E-state index contributed by atoms with van der Waals surface area (Å²) < 4.78 is 0. The molecule has 2 aromatic heterocycles. The third-order valence-corrected chi connectivity index (χ3v) is 10.6. The van der Waals surface area contributed by atoms with Crippen molar-refractivity contribution in [3.05, 3.63) is 162 Å². The van der Waals surface area contributed by atoms with Gasteiger partial charge in [0.1, 0.15) is 0 Å². The molecule has 0 saturated carbocycles. The highest BCUT2D eigenvalue weighted by Gasteiger charge is 2.36. The highest BCUT2D eigenvalue weighted by atomic mass is 14.9. The van der Waals surface area contributed by atoms with Crippen molar-refractivity contribution in [3.63, 3.8) is 0 Å². The zero-order chi connectivity index (χ0) is 32.6. The molecule has 7 aromatic rings. The zero-order valence-electron chi connectivity index (χ0n) is 27.6. The molecule has 5 aromatic carbocycles. The summed E-state index contributed by atoms with van der Waals surface area (Å²) in [5, 5.41) is 0. The highest BCUT2D eigenvalue weighted by molar-refractivity contribution is 5.86. The van der Waals surface area contributed by atoms with Crippen LogP contribution in [0.3, 0.4) is 0 Å². The quantitative estimate of drug-likeness (QED) is 0.197. The predicted molar refractivity (Wildman–Crippen MR) is 197 cm³/mol. The molecule has 0 saturated heterocycles. The SMILES string of the molecule is CC1(C)c2ccccc2-c2cc(-c3cc(-c4ccc(-c5ccccn5)cc4)nc(-c4ccc5c(c4)-c4ccccc4C5(C)C)n3)ccc21. The molecule has 230 valence electrons. The van der Waals surface area contributed by atoms with Gasteiger partial charge in [0.2, 0.25) is 0 Å². The van der Waals surface area contributed by atoms with Crippen molar-refractivity contribution in [2.75, 3.05) is 0 Å². The first-order valence-electron chi connectivity index (χ1n) is 16.7. The third-order valence-electron chi connectivity index (χ3n) is 10.6. The summed E-state index contributed by atoms with van der Waals surface area (Å²) in [5.41, 5.74) is 17.5. The average Bonchev–Trinajstić information content (AvgIpc) is 3.51. The Bertz CT molecular complexity index is 2260. The van der Waals surface area contributed by atoms with Gasteiger partial charge in [0, 0.05) is 39.3 Å². The van der Waals surface area contributed by atoms with E-state index in [0.717, 1.165) is 45.2 Å². The minimum absolute atomic E-state index is 0.0453. The van der Waals surface area contributed by atoms with E-state index in [1.807, 2.05) is 24.4 Å². The van der Waals surface area contributed by atoms with Gasteiger partial charge in [-0.3, -0.25) is 4.98 Å². The van der Waals surface area contributed by atoms with Crippen molar-refractivity contribution in [1.29, 1.82) is 0 Å². The summed E-state index contributed by atoms with van der Waals surface area (Å²) in [7, 11) is 0. The van der Waals surface area contributed by atoms with Crippen LogP contribution in [0.15, 0.2) is 140 Å². The Morgan fingerprint density at radius 3 is 1.42 bits per heavy atom.